The van der Waals surface area contributed by atoms with Gasteiger partial charge >= 0.3 is 0 Å². The van der Waals surface area contributed by atoms with Crippen molar-refractivity contribution < 1.29 is 9.59 Å². The molecule has 29 heavy (non-hydrogen) atoms. The van der Waals surface area contributed by atoms with Gasteiger partial charge in [0, 0.05) is 35.9 Å². The van der Waals surface area contributed by atoms with Crippen molar-refractivity contribution in [3.63, 3.8) is 0 Å². The Morgan fingerprint density at radius 1 is 1.03 bits per heavy atom. The molecule has 6 heteroatoms. The summed E-state index contributed by atoms with van der Waals surface area (Å²) in [6, 6.07) is 13.3. The average Bonchev–Trinajstić information content (AvgIpc) is 3.27. The first-order valence-electron chi connectivity index (χ1n) is 10.2. The van der Waals surface area contributed by atoms with Crippen LogP contribution in [0.2, 0.25) is 0 Å². The Morgan fingerprint density at radius 2 is 1.76 bits per heavy atom. The predicted octanol–water partition coefficient (Wildman–Crippen LogP) is 4.09. The lowest BCUT2D eigenvalue weighted by molar-refractivity contribution is -0.124. The third kappa shape index (κ3) is 4.56. The number of nitrogens with one attached hydrogen (secondary N) is 1. The number of hydrogen-bond donors (Lipinski definition) is 2. The van der Waals surface area contributed by atoms with E-state index in [-0.39, 0.29) is 30.1 Å². The second-order valence-corrected chi connectivity index (χ2v) is 7.80. The number of carbonyl (C=O) groups excluding carboxylic acids is 2. The molecule has 1 fully saturated rings. The zero-order valence-corrected chi connectivity index (χ0v) is 17.3. The molecule has 1 saturated carbocycles. The number of nitrogen functional groups attached to an aromatic ring is 1. The first-order valence-corrected chi connectivity index (χ1v) is 10.2. The third-order valence-electron chi connectivity index (χ3n) is 5.93. The Balaban J connectivity index is 0.00000240. The normalized spacial score (nSPS) is 16.1. The number of amides is 2. The maximum atomic E-state index is 13.0. The monoisotopic (exact) mass is 413 g/mol. The average molecular weight is 414 g/mol. The van der Waals surface area contributed by atoms with Crippen LogP contribution in [0.25, 0.3) is 0 Å². The molecule has 1 aliphatic heterocycles. The number of nitrogens with zero attached hydrogens (tertiary/aromatic N) is 1. The Morgan fingerprint density at radius 3 is 2.48 bits per heavy atom. The number of carbonyl (C=O) groups is 2. The molecular formula is C23H28ClN3O2. The highest BCUT2D eigenvalue weighted by atomic mass is 35.5. The summed E-state index contributed by atoms with van der Waals surface area (Å²) in [5.74, 6) is 0.320. The van der Waals surface area contributed by atoms with Crippen molar-refractivity contribution in [3.8, 4) is 0 Å². The molecule has 0 spiro atoms. The Hall–Kier alpha value is -2.53. The van der Waals surface area contributed by atoms with Gasteiger partial charge in [-0.25, -0.2) is 0 Å². The van der Waals surface area contributed by atoms with Crippen LogP contribution in [0, 0.1) is 5.92 Å². The van der Waals surface area contributed by atoms with Crippen molar-refractivity contribution >= 4 is 35.6 Å². The first kappa shape index (κ1) is 21.2. The van der Waals surface area contributed by atoms with Gasteiger partial charge in [0.1, 0.15) is 0 Å². The summed E-state index contributed by atoms with van der Waals surface area (Å²) >= 11 is 0. The molecule has 2 amide bonds. The van der Waals surface area contributed by atoms with Crippen molar-refractivity contribution in [2.24, 2.45) is 5.92 Å². The molecule has 3 N–H and O–H groups in total. The van der Waals surface area contributed by atoms with E-state index in [0.717, 1.165) is 61.0 Å². The first-order chi connectivity index (χ1) is 13.6. The second kappa shape index (κ2) is 9.31. The minimum Gasteiger partial charge on any atom is -0.398 e. The highest BCUT2D eigenvalue weighted by molar-refractivity contribution is 6.07. The van der Waals surface area contributed by atoms with Crippen molar-refractivity contribution in [2.75, 3.05) is 17.2 Å². The highest BCUT2D eigenvalue weighted by Gasteiger charge is 2.25. The summed E-state index contributed by atoms with van der Waals surface area (Å²) in [4.78, 5) is 27.0. The molecule has 2 aromatic rings. The SMILES string of the molecule is Cl.Nc1cccc2c1CCCN2C(=O)c1ccc(CNC(=O)C2CCCC2)cc1. The molecule has 0 aromatic heterocycles. The maximum Gasteiger partial charge on any atom is 0.258 e. The molecular weight excluding hydrogens is 386 g/mol. The quantitative estimate of drug-likeness (QED) is 0.741. The fourth-order valence-electron chi connectivity index (χ4n) is 4.31. The molecule has 0 bridgehead atoms. The van der Waals surface area contributed by atoms with E-state index in [4.69, 9.17) is 5.73 Å². The second-order valence-electron chi connectivity index (χ2n) is 7.80. The lowest BCUT2D eigenvalue weighted by atomic mass is 9.99. The summed E-state index contributed by atoms with van der Waals surface area (Å²) in [5.41, 5.74) is 10.5. The van der Waals surface area contributed by atoms with Crippen molar-refractivity contribution in [3.05, 3.63) is 59.2 Å². The molecule has 0 saturated heterocycles. The number of nitrogens with two attached hydrogens (primary N) is 1. The third-order valence-corrected chi connectivity index (χ3v) is 5.93. The molecule has 0 atom stereocenters. The molecule has 1 aliphatic carbocycles. The van der Waals surface area contributed by atoms with Crippen LogP contribution in [-0.4, -0.2) is 18.4 Å². The van der Waals surface area contributed by atoms with E-state index < -0.39 is 0 Å². The summed E-state index contributed by atoms with van der Waals surface area (Å²) in [6.45, 7) is 1.21. The standard InChI is InChI=1S/C23H27N3O2.ClH/c24-20-8-3-9-21-19(20)7-4-14-26(21)23(28)18-12-10-16(11-13-18)15-25-22(27)17-5-1-2-6-17;/h3,8-13,17H,1-2,4-7,14-15,24H2,(H,25,27);1H. The molecule has 4 rings (SSSR count). The molecule has 1 heterocycles. The molecule has 0 unspecified atom stereocenters. The molecule has 5 nitrogen and oxygen atoms in total. The molecule has 154 valence electrons. The van der Waals surface area contributed by atoms with Gasteiger partial charge in [0.2, 0.25) is 5.91 Å². The van der Waals surface area contributed by atoms with Gasteiger partial charge in [-0.1, -0.05) is 31.0 Å². The highest BCUT2D eigenvalue weighted by Crippen LogP contribution is 2.32. The lowest BCUT2D eigenvalue weighted by Crippen LogP contribution is -2.35. The van der Waals surface area contributed by atoms with Crippen LogP contribution in [0.1, 0.15) is 53.6 Å². The van der Waals surface area contributed by atoms with Gasteiger partial charge in [0.25, 0.3) is 5.91 Å². The van der Waals surface area contributed by atoms with Crippen molar-refractivity contribution in [1.82, 2.24) is 5.32 Å². The predicted molar refractivity (Wildman–Crippen MR) is 118 cm³/mol. The van der Waals surface area contributed by atoms with Crippen molar-refractivity contribution in [1.29, 1.82) is 0 Å². The minimum absolute atomic E-state index is 0. The fourth-order valence-corrected chi connectivity index (χ4v) is 4.31. The minimum atomic E-state index is -0.00640. The Bertz CT molecular complexity index is 876. The zero-order chi connectivity index (χ0) is 19.5. The van der Waals surface area contributed by atoms with Crippen LogP contribution in [0.5, 0.6) is 0 Å². The van der Waals surface area contributed by atoms with E-state index >= 15 is 0 Å². The Labute approximate surface area is 178 Å². The van der Waals surface area contributed by atoms with Crippen LogP contribution < -0.4 is 16.0 Å². The number of anilines is 2. The number of halogens is 1. The van der Waals surface area contributed by atoms with E-state index in [9.17, 15) is 9.59 Å². The summed E-state index contributed by atoms with van der Waals surface area (Å²) in [6.07, 6.45) is 6.13. The fraction of sp³-hybridized carbons (Fsp3) is 0.391. The topological polar surface area (TPSA) is 75.4 Å². The summed E-state index contributed by atoms with van der Waals surface area (Å²) < 4.78 is 0. The lowest BCUT2D eigenvalue weighted by Gasteiger charge is -2.30. The number of hydrogen-bond acceptors (Lipinski definition) is 3. The van der Waals surface area contributed by atoms with E-state index in [2.05, 4.69) is 5.32 Å². The van der Waals surface area contributed by atoms with Gasteiger partial charge < -0.3 is 16.0 Å². The van der Waals surface area contributed by atoms with Gasteiger partial charge in [-0.3, -0.25) is 9.59 Å². The molecule has 0 radical (unpaired) electrons. The van der Waals surface area contributed by atoms with Crippen molar-refractivity contribution in [2.45, 2.75) is 45.1 Å². The summed E-state index contributed by atoms with van der Waals surface area (Å²) in [5, 5.41) is 3.02. The van der Waals surface area contributed by atoms with Crippen LogP contribution >= 0.6 is 12.4 Å². The van der Waals surface area contributed by atoms with E-state index in [0.29, 0.717) is 18.7 Å². The van der Waals surface area contributed by atoms with E-state index in [1.165, 1.54) is 0 Å². The van der Waals surface area contributed by atoms with Crippen LogP contribution in [0.3, 0.4) is 0 Å². The van der Waals surface area contributed by atoms with Gasteiger partial charge in [0.05, 0.1) is 0 Å². The van der Waals surface area contributed by atoms with E-state index in [1.54, 1.807) is 0 Å². The van der Waals surface area contributed by atoms with Gasteiger partial charge in [-0.2, -0.15) is 0 Å². The molecule has 2 aliphatic rings. The summed E-state index contributed by atoms with van der Waals surface area (Å²) in [7, 11) is 0. The number of benzene rings is 2. The van der Waals surface area contributed by atoms with Crippen LogP contribution in [0.15, 0.2) is 42.5 Å². The van der Waals surface area contributed by atoms with Gasteiger partial charge in [-0.05, 0) is 61.1 Å². The maximum absolute atomic E-state index is 13.0. The van der Waals surface area contributed by atoms with Crippen LogP contribution in [0.4, 0.5) is 11.4 Å². The Kier molecular flexibility index (Phi) is 6.80. The largest absolute Gasteiger partial charge is 0.398 e. The molecule has 2 aromatic carbocycles. The zero-order valence-electron chi connectivity index (χ0n) is 16.5. The number of fused-ring (bicyclic) bond motifs is 1. The number of rotatable bonds is 4. The van der Waals surface area contributed by atoms with E-state index in [1.807, 2.05) is 47.4 Å². The van der Waals surface area contributed by atoms with Crippen LogP contribution in [-0.2, 0) is 17.8 Å². The van der Waals surface area contributed by atoms with Gasteiger partial charge in [-0.15, -0.1) is 12.4 Å². The van der Waals surface area contributed by atoms with Gasteiger partial charge in [0.15, 0.2) is 0 Å². The smallest absolute Gasteiger partial charge is 0.258 e.